The summed E-state index contributed by atoms with van der Waals surface area (Å²) in [6, 6.07) is 20.0. The van der Waals surface area contributed by atoms with E-state index in [0.29, 0.717) is 5.16 Å². The van der Waals surface area contributed by atoms with Gasteiger partial charge in [-0.15, -0.1) is 0 Å². The summed E-state index contributed by atoms with van der Waals surface area (Å²) >= 11 is 0. The van der Waals surface area contributed by atoms with E-state index in [1.54, 1.807) is 0 Å². The Morgan fingerprint density at radius 2 is 1.45 bits per heavy atom. The average Bonchev–Trinajstić information content (AvgIpc) is 2.47. The van der Waals surface area contributed by atoms with Gasteiger partial charge in [-0.25, -0.2) is 0 Å². The molecule has 0 heterocycles. The Kier molecular flexibility index (Phi) is 3.52. The Balaban J connectivity index is 2.29. The second-order valence-corrected chi connectivity index (χ2v) is 8.20. The molecule has 3 aromatic carbocycles. The van der Waals surface area contributed by atoms with E-state index >= 15 is 0 Å². The summed E-state index contributed by atoms with van der Waals surface area (Å²) in [5.41, 5.74) is 0. The third-order valence-corrected chi connectivity index (χ3v) is 5.84. The van der Waals surface area contributed by atoms with Crippen molar-refractivity contribution in [2.75, 3.05) is 0 Å². The minimum absolute atomic E-state index is 0.380. The summed E-state index contributed by atoms with van der Waals surface area (Å²) in [7, 11) is 0.848. The van der Waals surface area contributed by atoms with Gasteiger partial charge in [0.05, 0.1) is 0 Å². The van der Waals surface area contributed by atoms with Crippen molar-refractivity contribution in [3.63, 3.8) is 0 Å². The van der Waals surface area contributed by atoms with Crippen molar-refractivity contribution in [2.24, 2.45) is 0 Å². The zero-order valence-electron chi connectivity index (χ0n) is 12.4. The highest BCUT2D eigenvalue weighted by Crippen LogP contribution is 2.37. The molecule has 20 heavy (non-hydrogen) atoms. The fourth-order valence-electron chi connectivity index (χ4n) is 2.61. The maximum Gasteiger partial charge on any atom is -0.00991 e. The molecule has 0 aliphatic carbocycles. The number of rotatable bonds is 3. The van der Waals surface area contributed by atoms with E-state index in [9.17, 15) is 0 Å². The lowest BCUT2D eigenvalue weighted by atomic mass is 10.0. The van der Waals surface area contributed by atoms with Crippen LogP contribution in [0.15, 0.2) is 54.6 Å². The van der Waals surface area contributed by atoms with Crippen LogP contribution >= 0.6 is 8.58 Å². The topological polar surface area (TPSA) is 0 Å². The van der Waals surface area contributed by atoms with Gasteiger partial charge in [0.15, 0.2) is 0 Å². The van der Waals surface area contributed by atoms with Gasteiger partial charge in [-0.1, -0.05) is 77.9 Å². The van der Waals surface area contributed by atoms with Crippen molar-refractivity contribution in [1.82, 2.24) is 0 Å². The minimum Gasteiger partial charge on any atom is -0.0839 e. The average molecular weight is 280 g/mol. The van der Waals surface area contributed by atoms with E-state index < -0.39 is 0 Å². The lowest BCUT2D eigenvalue weighted by Crippen LogP contribution is -2.15. The van der Waals surface area contributed by atoms with Crippen molar-refractivity contribution < 1.29 is 0 Å². The van der Waals surface area contributed by atoms with Crippen LogP contribution in [0.25, 0.3) is 21.5 Å². The third kappa shape index (κ3) is 2.45. The number of hydrogen-bond acceptors (Lipinski definition) is 0. The van der Waals surface area contributed by atoms with Crippen LogP contribution in [0.5, 0.6) is 0 Å². The van der Waals surface area contributed by atoms with Gasteiger partial charge in [0, 0.05) is 0 Å². The summed E-state index contributed by atoms with van der Waals surface area (Å²) in [5, 5.41) is 7.43. The zero-order chi connectivity index (χ0) is 14.2. The predicted octanol–water partition coefficient (Wildman–Crippen LogP) is 5.49. The Morgan fingerprint density at radius 3 is 2.15 bits per heavy atom. The lowest BCUT2D eigenvalue weighted by molar-refractivity contribution is 0.681. The highest BCUT2D eigenvalue weighted by atomic mass is 31.1. The molecule has 0 fully saturated rings. The molecule has 102 valence electrons. The summed E-state index contributed by atoms with van der Waals surface area (Å²) in [5.74, 6) is 0. The molecular formula is C19H21P. The van der Waals surface area contributed by atoms with Crippen molar-refractivity contribution in [3.05, 3.63) is 54.6 Å². The molecule has 0 N–H and O–H groups in total. The molecule has 1 unspecified atom stereocenters. The van der Waals surface area contributed by atoms with Crippen LogP contribution in [-0.4, -0.2) is 5.16 Å². The Morgan fingerprint density at radius 1 is 0.850 bits per heavy atom. The first kappa shape index (κ1) is 13.6. The highest BCUT2D eigenvalue weighted by molar-refractivity contribution is 7.49. The van der Waals surface area contributed by atoms with E-state index in [-0.39, 0.29) is 0 Å². The summed E-state index contributed by atoms with van der Waals surface area (Å²) in [4.78, 5) is 0. The molecule has 0 spiro atoms. The van der Waals surface area contributed by atoms with Gasteiger partial charge in [-0.2, -0.15) is 0 Å². The number of benzene rings is 3. The van der Waals surface area contributed by atoms with E-state index in [1.165, 1.54) is 33.3 Å². The Hall–Kier alpha value is -1.39. The minimum atomic E-state index is 0.380. The molecule has 0 aliphatic rings. The van der Waals surface area contributed by atoms with Gasteiger partial charge in [0.25, 0.3) is 0 Å². The van der Waals surface area contributed by atoms with Gasteiger partial charge in [-0.3, -0.25) is 0 Å². The largest absolute Gasteiger partial charge is 0.0839 e. The van der Waals surface area contributed by atoms with Crippen molar-refractivity contribution in [1.29, 1.82) is 0 Å². The van der Waals surface area contributed by atoms with E-state index in [4.69, 9.17) is 0 Å². The van der Waals surface area contributed by atoms with Gasteiger partial charge in [-0.05, 0) is 44.5 Å². The molecule has 1 heteroatoms. The van der Waals surface area contributed by atoms with Crippen LogP contribution < -0.4 is 5.30 Å². The second kappa shape index (κ2) is 5.19. The van der Waals surface area contributed by atoms with Gasteiger partial charge in [0.1, 0.15) is 0 Å². The van der Waals surface area contributed by atoms with Gasteiger partial charge >= 0.3 is 0 Å². The Bertz CT molecular complexity index is 756. The molecule has 0 amide bonds. The molecule has 1 atom stereocenters. The summed E-state index contributed by atoms with van der Waals surface area (Å²) in [6.07, 6.45) is 1.21. The fraction of sp³-hybridized carbons (Fsp3) is 0.263. The molecule has 0 saturated heterocycles. The van der Waals surface area contributed by atoms with E-state index in [2.05, 4.69) is 75.4 Å². The lowest BCUT2D eigenvalue weighted by Gasteiger charge is -2.24. The molecule has 0 bridgehead atoms. The SMILES string of the molecule is CCC(C)(C)Pc1cc2ccccc2c2ccccc12. The van der Waals surface area contributed by atoms with Crippen LogP contribution in [0.3, 0.4) is 0 Å². The standard InChI is InChI=1S/C19H21P/c1-4-19(2,3)20-18-13-14-9-5-6-10-15(14)16-11-7-8-12-17(16)18/h5-13,20H,4H2,1-3H3. The predicted molar refractivity (Wildman–Crippen MR) is 93.8 cm³/mol. The monoisotopic (exact) mass is 280 g/mol. The molecule has 0 aromatic heterocycles. The molecule has 0 aliphatic heterocycles. The van der Waals surface area contributed by atoms with E-state index in [0.717, 1.165) is 8.58 Å². The number of fused-ring (bicyclic) bond motifs is 3. The van der Waals surface area contributed by atoms with Crippen LogP contribution in [-0.2, 0) is 0 Å². The van der Waals surface area contributed by atoms with Gasteiger partial charge < -0.3 is 0 Å². The summed E-state index contributed by atoms with van der Waals surface area (Å²) < 4.78 is 0. The van der Waals surface area contributed by atoms with Crippen molar-refractivity contribution in [2.45, 2.75) is 32.3 Å². The quantitative estimate of drug-likeness (QED) is 0.440. The normalized spacial score (nSPS) is 12.8. The maximum atomic E-state index is 2.40. The van der Waals surface area contributed by atoms with Crippen LogP contribution in [0, 0.1) is 0 Å². The number of hydrogen-bond donors (Lipinski definition) is 0. The molecule has 0 radical (unpaired) electrons. The molecular weight excluding hydrogens is 259 g/mol. The van der Waals surface area contributed by atoms with Crippen molar-refractivity contribution in [3.8, 4) is 0 Å². The Labute approximate surface area is 123 Å². The first-order valence-corrected chi connectivity index (χ1v) is 8.29. The molecule has 3 rings (SSSR count). The maximum absolute atomic E-state index is 2.40. The van der Waals surface area contributed by atoms with Crippen molar-refractivity contribution >= 4 is 35.4 Å². The molecule has 0 nitrogen and oxygen atoms in total. The molecule has 3 aromatic rings. The van der Waals surface area contributed by atoms with Crippen LogP contribution in [0.4, 0.5) is 0 Å². The second-order valence-electron chi connectivity index (χ2n) is 6.05. The smallest absolute Gasteiger partial charge is 0.00991 e. The third-order valence-electron chi connectivity index (χ3n) is 4.12. The van der Waals surface area contributed by atoms with Crippen LogP contribution in [0.2, 0.25) is 0 Å². The fourth-order valence-corrected chi connectivity index (χ4v) is 4.10. The summed E-state index contributed by atoms with van der Waals surface area (Å²) in [6.45, 7) is 7.03. The first-order chi connectivity index (χ1) is 9.61. The van der Waals surface area contributed by atoms with Gasteiger partial charge in [0.2, 0.25) is 0 Å². The van der Waals surface area contributed by atoms with E-state index in [1.807, 2.05) is 0 Å². The first-order valence-electron chi connectivity index (χ1n) is 7.29. The molecule has 0 saturated carbocycles. The zero-order valence-corrected chi connectivity index (χ0v) is 13.4. The highest BCUT2D eigenvalue weighted by Gasteiger charge is 2.17. The van der Waals surface area contributed by atoms with Crippen LogP contribution in [0.1, 0.15) is 27.2 Å².